The number of likely N-dealkylation sites (tertiary alicyclic amines) is 1. The number of ketones is 1. The summed E-state index contributed by atoms with van der Waals surface area (Å²) in [7, 11) is 4.25. The molecule has 0 aromatic heterocycles. The second-order valence-electron chi connectivity index (χ2n) is 7.01. The summed E-state index contributed by atoms with van der Waals surface area (Å²) in [6.45, 7) is 2.19. The average molecular weight is 448 g/mol. The van der Waals surface area contributed by atoms with Gasteiger partial charge in [0.15, 0.2) is 5.78 Å². The molecule has 1 aliphatic rings. The molecule has 1 aliphatic heterocycles. The average Bonchev–Trinajstić information content (AvgIpc) is 2.62. The van der Waals surface area contributed by atoms with Crippen molar-refractivity contribution >= 4 is 47.9 Å². The molecule has 0 amide bonds. The minimum atomic E-state index is -0.568. The number of carbonyl (C=O) groups is 1. The van der Waals surface area contributed by atoms with Gasteiger partial charge >= 0.3 is 0 Å². The summed E-state index contributed by atoms with van der Waals surface area (Å²) in [6.07, 6.45) is 2.39. The van der Waals surface area contributed by atoms with E-state index in [9.17, 15) is 9.18 Å². The van der Waals surface area contributed by atoms with E-state index in [1.54, 1.807) is 6.07 Å². The van der Waals surface area contributed by atoms with Crippen molar-refractivity contribution in [1.29, 1.82) is 0 Å². The molecule has 7 heteroatoms. The summed E-state index contributed by atoms with van der Waals surface area (Å²) >= 11 is 6.01. The Labute approximate surface area is 183 Å². The van der Waals surface area contributed by atoms with Crippen LogP contribution < -0.4 is 4.90 Å². The number of rotatable bonds is 5. The molecule has 154 valence electrons. The fraction of sp³-hybridized carbons (Fsp3) is 0.381. The predicted molar refractivity (Wildman–Crippen MR) is 119 cm³/mol. The number of Topliss-reactive ketones (excluding diaryl/α,β-unsaturated/α-hetero) is 1. The Hall–Kier alpha value is -1.33. The monoisotopic (exact) mass is 446 g/mol. The smallest absolute Gasteiger partial charge is 0.171 e. The first-order valence-electron chi connectivity index (χ1n) is 8.93. The maximum absolute atomic E-state index is 14.0. The first-order valence-corrected chi connectivity index (χ1v) is 9.31. The second kappa shape index (κ2) is 11.0. The van der Waals surface area contributed by atoms with Crippen molar-refractivity contribution in [2.24, 2.45) is 0 Å². The SMILES string of the molecule is CN1CCC(N(C)c2cccc(CC(=O)c3c(F)cccc3Cl)c2)CC1.Cl.Cl. The van der Waals surface area contributed by atoms with Gasteiger partial charge in [-0.3, -0.25) is 4.79 Å². The van der Waals surface area contributed by atoms with Crippen LogP contribution in [0.3, 0.4) is 0 Å². The van der Waals surface area contributed by atoms with Gasteiger partial charge in [0, 0.05) is 25.2 Å². The fourth-order valence-corrected chi connectivity index (χ4v) is 3.79. The summed E-state index contributed by atoms with van der Waals surface area (Å²) in [4.78, 5) is 17.2. The van der Waals surface area contributed by atoms with E-state index in [1.165, 1.54) is 12.1 Å². The molecular weight excluding hydrogens is 422 g/mol. The molecule has 3 rings (SSSR count). The molecular formula is C21H26Cl3FN2O. The van der Waals surface area contributed by atoms with Crippen molar-refractivity contribution in [2.45, 2.75) is 25.3 Å². The van der Waals surface area contributed by atoms with Crippen molar-refractivity contribution in [3.63, 3.8) is 0 Å². The van der Waals surface area contributed by atoms with E-state index < -0.39 is 5.82 Å². The van der Waals surface area contributed by atoms with E-state index in [1.807, 2.05) is 18.2 Å². The van der Waals surface area contributed by atoms with Crippen LogP contribution in [-0.2, 0) is 6.42 Å². The lowest BCUT2D eigenvalue weighted by atomic mass is 10.0. The molecule has 0 spiro atoms. The third-order valence-corrected chi connectivity index (χ3v) is 5.47. The van der Waals surface area contributed by atoms with E-state index in [-0.39, 0.29) is 47.6 Å². The maximum Gasteiger partial charge on any atom is 0.171 e. The molecule has 0 unspecified atom stereocenters. The highest BCUT2D eigenvalue weighted by Gasteiger charge is 2.21. The standard InChI is InChI=1S/C21H24ClFN2O.2ClH/c1-24-11-9-16(10-12-24)25(2)17-6-3-5-15(13-17)14-20(26)21-18(22)7-4-8-19(21)23;;/h3-8,13,16H,9-12,14H2,1-2H3;2*1H. The minimum absolute atomic E-state index is 0. The van der Waals surface area contributed by atoms with Gasteiger partial charge in [-0.05, 0) is 62.8 Å². The Kier molecular flexibility index (Phi) is 9.72. The number of anilines is 1. The third-order valence-electron chi connectivity index (χ3n) is 5.16. The zero-order valence-electron chi connectivity index (χ0n) is 16.0. The van der Waals surface area contributed by atoms with Gasteiger partial charge in [0.05, 0.1) is 10.6 Å². The topological polar surface area (TPSA) is 23.6 Å². The normalized spacial score (nSPS) is 14.7. The van der Waals surface area contributed by atoms with Gasteiger partial charge in [0.25, 0.3) is 0 Å². The lowest BCUT2D eigenvalue weighted by Gasteiger charge is -2.36. The maximum atomic E-state index is 14.0. The van der Waals surface area contributed by atoms with Crippen LogP contribution in [0.5, 0.6) is 0 Å². The molecule has 0 bridgehead atoms. The first-order chi connectivity index (χ1) is 12.5. The van der Waals surface area contributed by atoms with Gasteiger partial charge in [-0.1, -0.05) is 29.8 Å². The Bertz CT molecular complexity index is 775. The lowest BCUT2D eigenvalue weighted by molar-refractivity contribution is 0.0989. The number of nitrogens with zero attached hydrogens (tertiary/aromatic N) is 2. The largest absolute Gasteiger partial charge is 0.372 e. The zero-order valence-corrected chi connectivity index (χ0v) is 18.4. The predicted octanol–water partition coefficient (Wildman–Crippen LogP) is 5.28. The van der Waals surface area contributed by atoms with Crippen LogP contribution in [-0.4, -0.2) is 43.9 Å². The van der Waals surface area contributed by atoms with Crippen LogP contribution in [0.15, 0.2) is 42.5 Å². The second-order valence-corrected chi connectivity index (χ2v) is 7.42. The fourth-order valence-electron chi connectivity index (χ4n) is 3.52. The molecule has 2 aromatic rings. The van der Waals surface area contributed by atoms with Crippen LogP contribution >= 0.6 is 36.4 Å². The van der Waals surface area contributed by atoms with Gasteiger partial charge in [0.1, 0.15) is 5.82 Å². The van der Waals surface area contributed by atoms with Gasteiger partial charge in [-0.2, -0.15) is 0 Å². The number of hydrogen-bond acceptors (Lipinski definition) is 3. The summed E-state index contributed by atoms with van der Waals surface area (Å²) in [5.74, 6) is -0.866. The van der Waals surface area contributed by atoms with E-state index in [0.717, 1.165) is 37.2 Å². The third kappa shape index (κ3) is 5.84. The van der Waals surface area contributed by atoms with Gasteiger partial charge in [0.2, 0.25) is 0 Å². The highest BCUT2D eigenvalue weighted by Crippen LogP contribution is 2.25. The van der Waals surface area contributed by atoms with Crippen LogP contribution in [0.4, 0.5) is 10.1 Å². The number of halogens is 4. The lowest BCUT2D eigenvalue weighted by Crippen LogP contribution is -2.42. The molecule has 1 saturated heterocycles. The Morgan fingerprint density at radius 1 is 1.18 bits per heavy atom. The molecule has 0 aliphatic carbocycles. The van der Waals surface area contributed by atoms with E-state index >= 15 is 0 Å². The summed E-state index contributed by atoms with van der Waals surface area (Å²) < 4.78 is 14.0. The van der Waals surface area contributed by atoms with Gasteiger partial charge in [-0.15, -0.1) is 24.8 Å². The number of piperidine rings is 1. The van der Waals surface area contributed by atoms with E-state index in [2.05, 4.69) is 30.0 Å². The number of carbonyl (C=O) groups excluding carboxylic acids is 1. The van der Waals surface area contributed by atoms with Crippen molar-refractivity contribution in [1.82, 2.24) is 4.90 Å². The van der Waals surface area contributed by atoms with E-state index in [0.29, 0.717) is 6.04 Å². The summed E-state index contributed by atoms with van der Waals surface area (Å²) in [5.41, 5.74) is 1.93. The van der Waals surface area contributed by atoms with Crippen LogP contribution in [0.1, 0.15) is 28.8 Å². The summed E-state index contributed by atoms with van der Waals surface area (Å²) in [6, 6.07) is 12.7. The molecule has 28 heavy (non-hydrogen) atoms. The molecule has 0 saturated carbocycles. The van der Waals surface area contributed by atoms with E-state index in [4.69, 9.17) is 11.6 Å². The zero-order chi connectivity index (χ0) is 18.7. The van der Waals surface area contributed by atoms with Gasteiger partial charge < -0.3 is 9.80 Å². The van der Waals surface area contributed by atoms with Crippen LogP contribution in [0.25, 0.3) is 0 Å². The minimum Gasteiger partial charge on any atom is -0.372 e. The highest BCUT2D eigenvalue weighted by molar-refractivity contribution is 6.34. The Morgan fingerprint density at radius 3 is 2.46 bits per heavy atom. The molecule has 0 radical (unpaired) electrons. The number of benzene rings is 2. The van der Waals surface area contributed by atoms with Crippen molar-refractivity contribution in [2.75, 3.05) is 32.1 Å². The molecule has 1 fully saturated rings. The molecule has 1 heterocycles. The van der Waals surface area contributed by atoms with Crippen molar-refractivity contribution < 1.29 is 9.18 Å². The van der Waals surface area contributed by atoms with Crippen LogP contribution in [0, 0.1) is 5.82 Å². The highest BCUT2D eigenvalue weighted by atomic mass is 35.5. The van der Waals surface area contributed by atoms with Crippen LogP contribution in [0.2, 0.25) is 5.02 Å². The van der Waals surface area contributed by atoms with Crippen molar-refractivity contribution in [3.8, 4) is 0 Å². The van der Waals surface area contributed by atoms with Gasteiger partial charge in [-0.25, -0.2) is 4.39 Å². The molecule has 3 nitrogen and oxygen atoms in total. The Morgan fingerprint density at radius 2 is 1.82 bits per heavy atom. The molecule has 0 N–H and O–H groups in total. The Balaban J connectivity index is 0.00000196. The molecule has 2 aromatic carbocycles. The number of hydrogen-bond donors (Lipinski definition) is 0. The quantitative estimate of drug-likeness (QED) is 0.583. The van der Waals surface area contributed by atoms with Crippen molar-refractivity contribution in [3.05, 3.63) is 64.4 Å². The summed E-state index contributed by atoms with van der Waals surface area (Å²) in [5, 5.41) is 0.162. The first kappa shape index (κ1) is 24.7. The molecule has 0 atom stereocenters.